The Morgan fingerprint density at radius 1 is 1.06 bits per heavy atom. The number of hydrogen-bond donors (Lipinski definition) is 1. The van der Waals surface area contributed by atoms with Crippen LogP contribution in [0.2, 0.25) is 5.02 Å². The lowest BCUT2D eigenvalue weighted by Gasteiger charge is -2.28. The maximum absolute atomic E-state index is 12.3. The first-order chi connectivity index (χ1) is 15.1. The highest BCUT2D eigenvalue weighted by Gasteiger charge is 2.25. The lowest BCUT2D eigenvalue weighted by Crippen LogP contribution is -2.30. The molecule has 1 amide bonds. The average Bonchev–Trinajstić information content (AvgIpc) is 2.82. The van der Waals surface area contributed by atoms with E-state index in [0.717, 1.165) is 29.0 Å². The molecule has 1 atom stereocenters. The second-order valence-electron chi connectivity index (χ2n) is 6.77. The van der Waals surface area contributed by atoms with Gasteiger partial charge in [0.15, 0.2) is 0 Å². The van der Waals surface area contributed by atoms with Crippen molar-refractivity contribution in [3.8, 4) is 0 Å². The molecule has 3 aromatic rings. The van der Waals surface area contributed by atoms with E-state index in [1.165, 1.54) is 34.7 Å². The number of hydrazone groups is 1. The molecule has 7 heteroatoms. The summed E-state index contributed by atoms with van der Waals surface area (Å²) in [5.74, 6) is 0.00373. The van der Waals surface area contributed by atoms with E-state index in [-0.39, 0.29) is 11.7 Å². The number of rotatable bonds is 5. The van der Waals surface area contributed by atoms with Crippen molar-refractivity contribution in [3.05, 3.63) is 101 Å². The number of carbonyl (C=O) groups is 1. The van der Waals surface area contributed by atoms with Crippen LogP contribution in [0.1, 0.15) is 23.5 Å². The highest BCUT2D eigenvalue weighted by molar-refractivity contribution is 7.97. The highest BCUT2D eigenvalue weighted by Crippen LogP contribution is 2.29. The van der Waals surface area contributed by atoms with Gasteiger partial charge in [0, 0.05) is 22.4 Å². The fraction of sp³-hybridized carbons (Fsp3) is 0.167. The third kappa shape index (κ3) is 6.66. The fourth-order valence-electron chi connectivity index (χ4n) is 3.24. The zero-order valence-electron chi connectivity index (χ0n) is 17.0. The molecule has 1 unspecified atom stereocenters. The molecule has 0 saturated carbocycles. The Morgan fingerprint density at radius 2 is 1.74 bits per heavy atom. The summed E-state index contributed by atoms with van der Waals surface area (Å²) in [6.45, 7) is 0.639. The van der Waals surface area contributed by atoms with E-state index in [4.69, 9.17) is 11.6 Å². The summed E-state index contributed by atoms with van der Waals surface area (Å²) < 4.78 is 15.2. The van der Waals surface area contributed by atoms with E-state index < -0.39 is 0 Å². The average molecular weight is 456 g/mol. The summed E-state index contributed by atoms with van der Waals surface area (Å²) in [5, 5.41) is 6.65. The molecule has 3 aromatic carbocycles. The Balaban J connectivity index is 0.000000229. The molecule has 1 aliphatic rings. The SMILES string of the molecule is CNSc1ccc(F)cc1.O=CN1CCC(c2ccccc2)C(c2ccc(Cl)cc2)=N1. The van der Waals surface area contributed by atoms with Gasteiger partial charge >= 0.3 is 0 Å². The first-order valence-electron chi connectivity index (χ1n) is 9.81. The summed E-state index contributed by atoms with van der Waals surface area (Å²) in [6, 6.07) is 24.2. The number of nitrogens with zero attached hydrogens (tertiary/aromatic N) is 2. The number of hydrogen-bond acceptors (Lipinski definition) is 4. The predicted molar refractivity (Wildman–Crippen MR) is 126 cm³/mol. The third-order valence-corrected chi connectivity index (χ3v) is 5.67. The van der Waals surface area contributed by atoms with Crippen molar-refractivity contribution in [1.82, 2.24) is 9.73 Å². The molecule has 1 N–H and O–H groups in total. The quantitative estimate of drug-likeness (QED) is 0.394. The molecule has 4 nitrogen and oxygen atoms in total. The minimum atomic E-state index is -0.194. The van der Waals surface area contributed by atoms with Crippen molar-refractivity contribution in [1.29, 1.82) is 0 Å². The number of carbonyl (C=O) groups excluding carboxylic acids is 1. The van der Waals surface area contributed by atoms with Gasteiger partial charge in [-0.1, -0.05) is 54.1 Å². The van der Waals surface area contributed by atoms with Gasteiger partial charge in [-0.05, 0) is 72.9 Å². The first kappa shape index (κ1) is 23.0. The molecular formula is C24H23ClFN3OS. The molecule has 0 fully saturated rings. The van der Waals surface area contributed by atoms with Gasteiger partial charge in [0.1, 0.15) is 5.82 Å². The van der Waals surface area contributed by atoms with Crippen LogP contribution in [0.4, 0.5) is 4.39 Å². The van der Waals surface area contributed by atoms with E-state index in [1.54, 1.807) is 12.1 Å². The maximum atomic E-state index is 12.3. The Kier molecular flexibility index (Phi) is 8.64. The minimum absolute atomic E-state index is 0.194. The molecule has 0 saturated heterocycles. The van der Waals surface area contributed by atoms with Crippen molar-refractivity contribution in [2.75, 3.05) is 13.6 Å². The molecule has 0 radical (unpaired) electrons. The second-order valence-corrected chi connectivity index (χ2v) is 8.29. The standard InChI is InChI=1S/C17H15ClN2O.C7H8FNS/c18-15-8-6-14(7-9-15)17-16(10-11-20(12-21)19-17)13-4-2-1-3-5-13;1-9-10-7-4-2-6(8)3-5-7/h1-9,12,16H,10-11H2;2-5,9H,1H3. The molecule has 0 spiro atoms. The molecule has 1 heterocycles. The second kappa shape index (κ2) is 11.6. The van der Waals surface area contributed by atoms with Crippen LogP contribution < -0.4 is 4.72 Å². The molecule has 0 bridgehead atoms. The summed E-state index contributed by atoms with van der Waals surface area (Å²) >= 11 is 7.42. The smallest absolute Gasteiger partial charge is 0.229 e. The van der Waals surface area contributed by atoms with Crippen molar-refractivity contribution >= 4 is 35.7 Å². The molecule has 4 rings (SSSR count). The van der Waals surface area contributed by atoms with Gasteiger partial charge in [-0.2, -0.15) is 5.10 Å². The van der Waals surface area contributed by atoms with Gasteiger partial charge in [0.2, 0.25) is 6.41 Å². The van der Waals surface area contributed by atoms with Crippen molar-refractivity contribution in [3.63, 3.8) is 0 Å². The van der Waals surface area contributed by atoms with E-state index >= 15 is 0 Å². The monoisotopic (exact) mass is 455 g/mol. The summed E-state index contributed by atoms with van der Waals surface area (Å²) in [5.41, 5.74) is 3.13. The number of amides is 1. The van der Waals surface area contributed by atoms with Crippen molar-refractivity contribution < 1.29 is 9.18 Å². The first-order valence-corrected chi connectivity index (χ1v) is 11.0. The van der Waals surface area contributed by atoms with Gasteiger partial charge in [-0.3, -0.25) is 9.52 Å². The Hall–Kier alpha value is -2.67. The highest BCUT2D eigenvalue weighted by atomic mass is 35.5. The lowest BCUT2D eigenvalue weighted by atomic mass is 9.86. The molecule has 160 valence electrons. The Bertz CT molecular complexity index is 998. The Labute approximate surface area is 191 Å². The van der Waals surface area contributed by atoms with E-state index in [0.29, 0.717) is 11.6 Å². The summed E-state index contributed by atoms with van der Waals surface area (Å²) in [7, 11) is 1.83. The van der Waals surface area contributed by atoms with Crippen LogP contribution in [-0.4, -0.2) is 30.7 Å². The van der Waals surface area contributed by atoms with Crippen LogP contribution in [0.5, 0.6) is 0 Å². The number of halogens is 2. The molecular weight excluding hydrogens is 433 g/mol. The largest absolute Gasteiger partial charge is 0.277 e. The van der Waals surface area contributed by atoms with Crippen molar-refractivity contribution in [2.45, 2.75) is 17.2 Å². The van der Waals surface area contributed by atoms with Crippen LogP contribution in [0.25, 0.3) is 0 Å². The predicted octanol–water partition coefficient (Wildman–Crippen LogP) is 5.74. The van der Waals surface area contributed by atoms with Gasteiger partial charge in [0.05, 0.1) is 5.71 Å². The molecule has 0 aliphatic carbocycles. The van der Waals surface area contributed by atoms with Crippen LogP contribution in [0.3, 0.4) is 0 Å². The summed E-state index contributed by atoms with van der Waals surface area (Å²) in [6.07, 6.45) is 1.64. The van der Waals surface area contributed by atoms with E-state index in [9.17, 15) is 9.18 Å². The summed E-state index contributed by atoms with van der Waals surface area (Å²) in [4.78, 5) is 12.0. The van der Waals surface area contributed by atoms with Crippen LogP contribution >= 0.6 is 23.5 Å². The van der Waals surface area contributed by atoms with Gasteiger partial charge in [0.25, 0.3) is 0 Å². The van der Waals surface area contributed by atoms with Gasteiger partial charge < -0.3 is 0 Å². The van der Waals surface area contributed by atoms with Gasteiger partial charge in [-0.25, -0.2) is 9.40 Å². The fourth-order valence-corrected chi connectivity index (χ4v) is 3.88. The molecule has 0 aromatic heterocycles. The maximum Gasteiger partial charge on any atom is 0.229 e. The molecule has 31 heavy (non-hydrogen) atoms. The van der Waals surface area contributed by atoms with Crippen molar-refractivity contribution in [2.24, 2.45) is 5.10 Å². The topological polar surface area (TPSA) is 44.7 Å². The van der Waals surface area contributed by atoms with Crippen LogP contribution in [0, 0.1) is 5.82 Å². The number of nitrogens with one attached hydrogen (secondary N) is 1. The Morgan fingerprint density at radius 3 is 2.35 bits per heavy atom. The zero-order chi connectivity index (χ0) is 22.1. The van der Waals surface area contributed by atoms with Crippen LogP contribution in [-0.2, 0) is 4.79 Å². The van der Waals surface area contributed by atoms with E-state index in [1.807, 2.05) is 49.5 Å². The lowest BCUT2D eigenvalue weighted by molar-refractivity contribution is -0.118. The van der Waals surface area contributed by atoms with E-state index in [2.05, 4.69) is 22.0 Å². The number of benzene rings is 3. The molecule has 1 aliphatic heterocycles. The third-order valence-electron chi connectivity index (χ3n) is 4.71. The normalized spacial score (nSPS) is 15.5. The van der Waals surface area contributed by atoms with Gasteiger partial charge in [-0.15, -0.1) is 0 Å². The zero-order valence-corrected chi connectivity index (χ0v) is 18.6. The minimum Gasteiger partial charge on any atom is -0.277 e. The van der Waals surface area contributed by atoms with Crippen LogP contribution in [0.15, 0.2) is 88.9 Å².